The lowest BCUT2D eigenvalue weighted by molar-refractivity contribution is 0.480. The molecule has 3 saturated carbocycles. The Balaban J connectivity index is 0.00000117. The fraction of sp³-hybridized carbons (Fsp3) is 0.571. The zero-order valence-electron chi connectivity index (χ0n) is 40.8. The zero-order chi connectivity index (χ0) is 45.7. The van der Waals surface area contributed by atoms with E-state index in [1.54, 1.807) is 12.6 Å². The highest BCUT2D eigenvalue weighted by atomic mass is 15.0. The molecule has 4 nitrogen and oxygen atoms in total. The summed E-state index contributed by atoms with van der Waals surface area (Å²) in [6, 6.07) is 7.49. The molecule has 1 aromatic carbocycles. The summed E-state index contributed by atoms with van der Waals surface area (Å²) in [4.78, 5) is 10.1. The van der Waals surface area contributed by atoms with Crippen molar-refractivity contribution >= 4 is 16.6 Å². The van der Waals surface area contributed by atoms with Crippen molar-refractivity contribution in [1.82, 2.24) is 15.6 Å². The summed E-state index contributed by atoms with van der Waals surface area (Å²) in [5.74, 6) is 1.99. The Morgan fingerprint density at radius 2 is 1.58 bits per heavy atom. The number of nitrogens with one attached hydrogen (secondary N) is 2. The van der Waals surface area contributed by atoms with Crippen molar-refractivity contribution in [3.8, 4) is 0 Å². The van der Waals surface area contributed by atoms with Gasteiger partial charge in [0.1, 0.15) is 0 Å². The van der Waals surface area contributed by atoms with E-state index in [4.69, 9.17) is 9.98 Å². The number of hydrogen-bond acceptors (Lipinski definition) is 4. The lowest BCUT2D eigenvalue weighted by Gasteiger charge is -2.21. The fourth-order valence-electron chi connectivity index (χ4n) is 7.21. The number of pyridine rings is 1. The summed E-state index contributed by atoms with van der Waals surface area (Å²) in [6.07, 6.45) is 27.8. The second-order valence-corrected chi connectivity index (χ2v) is 17.6. The molecule has 1 unspecified atom stereocenters. The summed E-state index contributed by atoms with van der Waals surface area (Å²) < 4.78 is 0. The predicted octanol–water partition coefficient (Wildman–Crippen LogP) is 16.3. The van der Waals surface area contributed by atoms with Gasteiger partial charge in [0.15, 0.2) is 0 Å². The minimum atomic E-state index is 0.390. The molecule has 1 heterocycles. The average Bonchev–Trinajstić information content (AvgIpc) is 4.16. The number of hydrogen-bond donors (Lipinski definition) is 2. The van der Waals surface area contributed by atoms with Gasteiger partial charge in [0.2, 0.25) is 0 Å². The van der Waals surface area contributed by atoms with Crippen molar-refractivity contribution in [3.05, 3.63) is 129 Å². The molecule has 2 N–H and O–H groups in total. The van der Waals surface area contributed by atoms with Crippen molar-refractivity contribution in [1.29, 1.82) is 0 Å². The maximum atomic E-state index is 5.15. The van der Waals surface area contributed by atoms with Crippen molar-refractivity contribution in [2.24, 2.45) is 28.2 Å². The third-order valence-electron chi connectivity index (χ3n) is 11.5. The summed E-state index contributed by atoms with van der Waals surface area (Å²) in [7, 11) is 1.81. The molecule has 1 aromatic heterocycles. The van der Waals surface area contributed by atoms with Crippen LogP contribution in [0.5, 0.6) is 0 Å². The van der Waals surface area contributed by atoms with Gasteiger partial charge in [-0.1, -0.05) is 110 Å². The molecule has 3 fully saturated rings. The monoisotopic (exact) mass is 821 g/mol. The van der Waals surface area contributed by atoms with Crippen LogP contribution < -0.4 is 10.6 Å². The van der Waals surface area contributed by atoms with Crippen LogP contribution in [0, 0.1) is 30.1 Å². The highest BCUT2D eigenvalue weighted by molar-refractivity contribution is 6.00. The van der Waals surface area contributed by atoms with E-state index >= 15 is 0 Å². The number of benzene rings is 1. The number of aromatic nitrogens is 1. The van der Waals surface area contributed by atoms with Gasteiger partial charge in [-0.2, -0.15) is 0 Å². The third kappa shape index (κ3) is 23.2. The maximum absolute atomic E-state index is 5.15. The first-order valence-electron chi connectivity index (χ1n) is 23.4. The van der Waals surface area contributed by atoms with Crippen LogP contribution >= 0.6 is 0 Å². The Labute approximate surface area is 372 Å². The molecule has 3 aliphatic carbocycles. The van der Waals surface area contributed by atoms with Crippen LogP contribution in [-0.4, -0.2) is 23.8 Å². The number of unbranched alkanes of at least 4 members (excludes halogenated alkanes) is 4. The van der Waals surface area contributed by atoms with Crippen molar-refractivity contribution in [2.75, 3.05) is 7.05 Å². The second-order valence-electron chi connectivity index (χ2n) is 17.6. The first-order valence-corrected chi connectivity index (χ1v) is 23.4. The zero-order valence-corrected chi connectivity index (χ0v) is 40.8. The van der Waals surface area contributed by atoms with Crippen LogP contribution in [0.2, 0.25) is 0 Å². The second kappa shape index (κ2) is 31.9. The average molecular weight is 821 g/mol. The molecule has 5 rings (SSSR count). The highest BCUT2D eigenvalue weighted by Crippen LogP contribution is 2.54. The molecule has 1 atom stereocenters. The van der Waals surface area contributed by atoms with E-state index in [2.05, 4.69) is 150 Å². The maximum Gasteiger partial charge on any atom is 0.0852 e. The van der Waals surface area contributed by atoms with Crippen LogP contribution in [0.15, 0.2) is 111 Å². The molecule has 0 spiro atoms. The predicted molar refractivity (Wildman–Crippen MR) is 273 cm³/mol. The smallest absolute Gasteiger partial charge is 0.0852 e. The first kappa shape index (κ1) is 56.1. The van der Waals surface area contributed by atoms with Gasteiger partial charge >= 0.3 is 0 Å². The Kier molecular flexibility index (Phi) is 29.8. The summed E-state index contributed by atoms with van der Waals surface area (Å²) >= 11 is 0. The van der Waals surface area contributed by atoms with E-state index in [0.29, 0.717) is 17.9 Å². The number of fused-ring (bicyclic) bond motifs is 1. The van der Waals surface area contributed by atoms with Gasteiger partial charge in [-0.3, -0.25) is 4.99 Å². The van der Waals surface area contributed by atoms with E-state index in [-0.39, 0.29) is 0 Å². The van der Waals surface area contributed by atoms with Crippen molar-refractivity contribution in [2.45, 2.75) is 178 Å². The SMILES string of the molecule is C=C.C=C.C=C(C)CC(CCCc1cc(C(C)=N/C(=C\C)C(C)C)nc2c(C)c(CC)ccc12)C(=C)NC1CC1.C=CCCCCCC.C=CNC.CC1(CC2CC2)CC1. The van der Waals surface area contributed by atoms with E-state index in [1.807, 2.05) is 13.1 Å². The topological polar surface area (TPSA) is 49.3 Å². The van der Waals surface area contributed by atoms with Crippen LogP contribution in [0.25, 0.3) is 10.9 Å². The van der Waals surface area contributed by atoms with E-state index in [9.17, 15) is 0 Å². The van der Waals surface area contributed by atoms with Crippen LogP contribution in [0.1, 0.15) is 174 Å². The van der Waals surface area contributed by atoms with Gasteiger partial charge in [-0.15, -0.1) is 39.5 Å². The minimum Gasteiger partial charge on any atom is -0.394 e. The molecule has 336 valence electrons. The molecule has 60 heavy (non-hydrogen) atoms. The van der Waals surface area contributed by atoms with Gasteiger partial charge < -0.3 is 10.6 Å². The van der Waals surface area contributed by atoms with Gasteiger partial charge in [0, 0.05) is 35.8 Å². The standard InChI is InChI=1S/C33H47N3.C8H14.C8H16.C3H7N.2C2H4/c1-10-26-15-18-30-28(14-12-13-27(19-21(3)4)24(8)34-29-16-17-29)20-32(36-33(30)23(26)7)25(9)35-31(11-2)22(5)6;1-8(4-5-8)6-7-2-3-7;1-3-5-7-8-6-4-2;1-3-4-2;2*1-2/h11,15,18,20,22,27,29,34H,3,8,10,12-14,16-17,19H2,1-2,4-7,9H3;7H,2-6H2,1H3;3H,1,4-8H2,2H3;3-4H,1H2,2H3;2*1-2H2/b31-11-,35-25?;;;;;. The lowest BCUT2D eigenvalue weighted by Crippen LogP contribution is -2.22. The Hall–Kier alpha value is -3.92. The Morgan fingerprint density at radius 1 is 0.950 bits per heavy atom. The van der Waals surface area contributed by atoms with Crippen molar-refractivity contribution in [3.63, 3.8) is 0 Å². The Morgan fingerprint density at radius 3 is 2.05 bits per heavy atom. The highest BCUT2D eigenvalue weighted by Gasteiger charge is 2.41. The molecule has 0 radical (unpaired) electrons. The normalized spacial score (nSPS) is 15.3. The quantitative estimate of drug-likeness (QED) is 0.0749. The van der Waals surface area contributed by atoms with Crippen LogP contribution in [-0.2, 0) is 12.8 Å². The third-order valence-corrected chi connectivity index (χ3v) is 11.5. The molecule has 4 heteroatoms. The van der Waals surface area contributed by atoms with Crippen LogP contribution in [0.4, 0.5) is 0 Å². The van der Waals surface area contributed by atoms with Gasteiger partial charge in [0.05, 0.1) is 16.9 Å². The molecule has 0 bridgehead atoms. The molecule has 0 aliphatic heterocycles. The molecule has 0 saturated heterocycles. The Bertz CT molecular complexity index is 1610. The molecular weight excluding hydrogens is 729 g/mol. The number of rotatable bonds is 21. The number of allylic oxidation sites excluding steroid dienone is 5. The van der Waals surface area contributed by atoms with E-state index < -0.39 is 0 Å². The van der Waals surface area contributed by atoms with Crippen molar-refractivity contribution < 1.29 is 0 Å². The molecular formula is C56H92N4. The molecule has 3 aliphatic rings. The van der Waals surface area contributed by atoms with E-state index in [0.717, 1.165) is 66.1 Å². The lowest BCUT2D eigenvalue weighted by atomic mass is 9.90. The van der Waals surface area contributed by atoms with Gasteiger partial charge in [-0.05, 0) is 151 Å². The summed E-state index contributed by atoms with van der Waals surface area (Å²) in [5.41, 5.74) is 11.5. The molecule has 0 amide bonds. The number of aryl methyl sites for hydroxylation is 3. The number of aliphatic imine (C=N–C) groups is 1. The van der Waals surface area contributed by atoms with Crippen LogP contribution in [0.3, 0.4) is 0 Å². The summed E-state index contributed by atoms with van der Waals surface area (Å²) in [6.45, 7) is 47.4. The minimum absolute atomic E-state index is 0.390. The van der Waals surface area contributed by atoms with Gasteiger partial charge in [0.25, 0.3) is 0 Å². The van der Waals surface area contributed by atoms with E-state index in [1.165, 1.54) is 104 Å². The first-order chi connectivity index (χ1) is 28.8. The number of nitrogens with zero attached hydrogens (tertiary/aromatic N) is 2. The summed E-state index contributed by atoms with van der Waals surface area (Å²) in [5, 5.41) is 7.62. The fourth-order valence-corrected chi connectivity index (χ4v) is 7.21. The van der Waals surface area contributed by atoms with Gasteiger partial charge in [-0.25, -0.2) is 4.98 Å². The molecule has 2 aromatic rings. The largest absolute Gasteiger partial charge is 0.394 e.